The standard InChI is InChI=1S/C32H30F5N5O3/c1-3-4-5-6-28(43)20-8-9-21-19(17(20)2)10-12-25(21)41-31(45)27-14-26(40-29-24(34)16-39-42(27)29)30(44)38-15-18-7-11-23(33)22(13-18)32(35,36)37/h7-9,11,13-14,16,25H,3-6,10,12,15H2,1-2H3,(H,38,44)(H,41,45)/t25-/m0/s1. The summed E-state index contributed by atoms with van der Waals surface area (Å²) < 4.78 is 68.4. The first kappa shape index (κ1) is 31.7. The fourth-order valence-corrected chi connectivity index (χ4v) is 5.62. The van der Waals surface area contributed by atoms with E-state index in [1.54, 1.807) is 6.07 Å². The van der Waals surface area contributed by atoms with Gasteiger partial charge in [0, 0.05) is 24.6 Å². The van der Waals surface area contributed by atoms with Crippen LogP contribution in [0.1, 0.15) is 104 Å². The van der Waals surface area contributed by atoms with Crippen LogP contribution in [0.2, 0.25) is 0 Å². The van der Waals surface area contributed by atoms with Gasteiger partial charge in [0.15, 0.2) is 17.2 Å². The van der Waals surface area contributed by atoms with Crippen LogP contribution in [-0.4, -0.2) is 32.2 Å². The summed E-state index contributed by atoms with van der Waals surface area (Å²) in [4.78, 5) is 43.2. The minimum atomic E-state index is -4.93. The lowest BCUT2D eigenvalue weighted by molar-refractivity contribution is -0.140. The van der Waals surface area contributed by atoms with Gasteiger partial charge in [-0.1, -0.05) is 38.0 Å². The Morgan fingerprint density at radius 2 is 1.80 bits per heavy atom. The first-order chi connectivity index (χ1) is 21.4. The summed E-state index contributed by atoms with van der Waals surface area (Å²) in [5.74, 6) is -3.83. The van der Waals surface area contributed by atoms with Crippen molar-refractivity contribution in [1.29, 1.82) is 0 Å². The molecule has 236 valence electrons. The van der Waals surface area contributed by atoms with Crippen molar-refractivity contribution in [1.82, 2.24) is 25.2 Å². The molecule has 0 saturated carbocycles. The number of aromatic nitrogens is 3. The predicted molar refractivity (Wildman–Crippen MR) is 154 cm³/mol. The van der Waals surface area contributed by atoms with Crippen LogP contribution in [-0.2, 0) is 19.1 Å². The molecular weight excluding hydrogens is 597 g/mol. The fourth-order valence-electron chi connectivity index (χ4n) is 5.62. The maximum Gasteiger partial charge on any atom is 0.419 e. The van der Waals surface area contributed by atoms with Crippen LogP contribution in [0, 0.1) is 18.6 Å². The van der Waals surface area contributed by atoms with Crippen LogP contribution in [0.4, 0.5) is 22.0 Å². The van der Waals surface area contributed by atoms with Gasteiger partial charge in [-0.3, -0.25) is 14.4 Å². The van der Waals surface area contributed by atoms with Crippen molar-refractivity contribution < 1.29 is 36.3 Å². The molecule has 0 spiro atoms. The number of alkyl halides is 3. The van der Waals surface area contributed by atoms with Crippen LogP contribution in [0.3, 0.4) is 0 Å². The molecule has 45 heavy (non-hydrogen) atoms. The van der Waals surface area contributed by atoms with Gasteiger partial charge in [0.25, 0.3) is 11.8 Å². The van der Waals surface area contributed by atoms with E-state index in [-0.39, 0.29) is 22.7 Å². The minimum absolute atomic E-state index is 0.0346. The van der Waals surface area contributed by atoms with Crippen molar-refractivity contribution in [2.45, 2.75) is 71.1 Å². The normalized spacial score (nSPS) is 14.4. The molecule has 0 radical (unpaired) electrons. The van der Waals surface area contributed by atoms with E-state index in [0.29, 0.717) is 37.0 Å². The highest BCUT2D eigenvalue weighted by Gasteiger charge is 2.34. The number of amides is 2. The third kappa shape index (κ3) is 6.57. The molecule has 1 aliphatic rings. The molecule has 1 atom stereocenters. The quantitative estimate of drug-likeness (QED) is 0.120. The number of fused-ring (bicyclic) bond motifs is 2. The zero-order valence-corrected chi connectivity index (χ0v) is 24.5. The second-order valence-corrected chi connectivity index (χ2v) is 11.0. The molecule has 2 aromatic heterocycles. The van der Waals surface area contributed by atoms with E-state index >= 15 is 0 Å². The van der Waals surface area contributed by atoms with Gasteiger partial charge in [-0.15, -0.1) is 0 Å². The van der Waals surface area contributed by atoms with E-state index in [2.05, 4.69) is 27.6 Å². The summed E-state index contributed by atoms with van der Waals surface area (Å²) in [6.07, 6.45) is 0.397. The molecule has 0 saturated heterocycles. The summed E-state index contributed by atoms with van der Waals surface area (Å²) >= 11 is 0. The number of rotatable bonds is 10. The molecule has 0 bridgehead atoms. The summed E-state index contributed by atoms with van der Waals surface area (Å²) in [5, 5.41) is 9.16. The van der Waals surface area contributed by atoms with Gasteiger partial charge in [-0.2, -0.15) is 18.3 Å². The maximum absolute atomic E-state index is 14.5. The molecule has 2 N–H and O–H groups in total. The van der Waals surface area contributed by atoms with E-state index < -0.39 is 53.4 Å². The van der Waals surface area contributed by atoms with Gasteiger partial charge in [0.1, 0.15) is 17.2 Å². The lowest BCUT2D eigenvalue weighted by atomic mass is 9.93. The van der Waals surface area contributed by atoms with Crippen molar-refractivity contribution in [3.8, 4) is 0 Å². The SMILES string of the molecule is CCCCCC(=O)c1ccc2c(c1C)CC[C@@H]2NC(=O)c1cc(C(=O)NCc2ccc(F)c(C(F)(F)F)c2)nc2c(F)cnn12. The number of hydrogen-bond donors (Lipinski definition) is 2. The second kappa shape index (κ2) is 12.7. The summed E-state index contributed by atoms with van der Waals surface area (Å²) in [5.41, 5.74) is 0.920. The second-order valence-electron chi connectivity index (χ2n) is 11.0. The third-order valence-corrected chi connectivity index (χ3v) is 7.99. The average Bonchev–Trinajstić information content (AvgIpc) is 3.59. The number of nitrogens with zero attached hydrogens (tertiary/aromatic N) is 3. The Hall–Kier alpha value is -4.68. The van der Waals surface area contributed by atoms with Gasteiger partial charge >= 0.3 is 6.18 Å². The predicted octanol–water partition coefficient (Wildman–Crippen LogP) is 6.45. The number of carbonyl (C=O) groups is 3. The highest BCUT2D eigenvalue weighted by Crippen LogP contribution is 2.35. The number of unbranched alkanes of at least 4 members (excludes halogenated alkanes) is 2. The average molecular weight is 628 g/mol. The van der Waals surface area contributed by atoms with Crippen molar-refractivity contribution in [3.05, 3.63) is 99.0 Å². The van der Waals surface area contributed by atoms with Gasteiger partial charge in [-0.25, -0.2) is 18.3 Å². The molecule has 2 aromatic carbocycles. The molecule has 8 nitrogen and oxygen atoms in total. The molecule has 2 heterocycles. The molecule has 4 aromatic rings. The number of nitrogens with one attached hydrogen (secondary N) is 2. The molecule has 1 aliphatic carbocycles. The van der Waals surface area contributed by atoms with Gasteiger partial charge in [-0.05, 0) is 60.6 Å². The Labute approximate surface area is 255 Å². The molecule has 2 amide bonds. The Morgan fingerprint density at radius 1 is 1.02 bits per heavy atom. The highest BCUT2D eigenvalue weighted by molar-refractivity contribution is 5.99. The Kier molecular flexibility index (Phi) is 8.98. The van der Waals surface area contributed by atoms with Crippen molar-refractivity contribution >= 4 is 23.2 Å². The Morgan fingerprint density at radius 3 is 2.53 bits per heavy atom. The third-order valence-electron chi connectivity index (χ3n) is 7.99. The number of carbonyl (C=O) groups excluding carboxylic acids is 3. The summed E-state index contributed by atoms with van der Waals surface area (Å²) in [7, 11) is 0. The Balaban J connectivity index is 1.35. The molecule has 13 heteroatoms. The molecule has 5 rings (SSSR count). The van der Waals surface area contributed by atoms with Crippen molar-refractivity contribution in [2.24, 2.45) is 0 Å². The van der Waals surface area contributed by atoms with Crippen LogP contribution < -0.4 is 10.6 Å². The van der Waals surface area contributed by atoms with Crippen LogP contribution in [0.5, 0.6) is 0 Å². The first-order valence-corrected chi connectivity index (χ1v) is 14.5. The van der Waals surface area contributed by atoms with E-state index in [0.717, 1.165) is 58.8 Å². The number of ketones is 1. The van der Waals surface area contributed by atoms with Crippen LogP contribution in [0.25, 0.3) is 5.65 Å². The maximum atomic E-state index is 14.5. The number of halogens is 5. The zero-order chi connectivity index (χ0) is 32.5. The van der Waals surface area contributed by atoms with E-state index in [9.17, 15) is 36.3 Å². The van der Waals surface area contributed by atoms with Gasteiger partial charge in [0.05, 0.1) is 17.8 Å². The summed E-state index contributed by atoms with van der Waals surface area (Å²) in [6, 6.07) is 6.61. The number of hydrogen-bond acceptors (Lipinski definition) is 5. The monoisotopic (exact) mass is 627 g/mol. The molecule has 0 aliphatic heterocycles. The topological polar surface area (TPSA) is 105 Å². The number of benzene rings is 2. The van der Waals surface area contributed by atoms with E-state index in [1.807, 2.05) is 13.0 Å². The van der Waals surface area contributed by atoms with E-state index in [4.69, 9.17) is 0 Å². The van der Waals surface area contributed by atoms with Crippen molar-refractivity contribution in [3.63, 3.8) is 0 Å². The van der Waals surface area contributed by atoms with Crippen molar-refractivity contribution in [2.75, 3.05) is 0 Å². The largest absolute Gasteiger partial charge is 0.419 e. The molecule has 0 fully saturated rings. The van der Waals surface area contributed by atoms with Gasteiger partial charge < -0.3 is 10.6 Å². The fraction of sp³-hybridized carbons (Fsp3) is 0.344. The smallest absolute Gasteiger partial charge is 0.347 e. The minimum Gasteiger partial charge on any atom is -0.347 e. The van der Waals surface area contributed by atoms with Crippen LogP contribution in [0.15, 0.2) is 42.6 Å². The van der Waals surface area contributed by atoms with Crippen LogP contribution >= 0.6 is 0 Å². The lowest BCUT2D eigenvalue weighted by Gasteiger charge is -2.17. The summed E-state index contributed by atoms with van der Waals surface area (Å²) in [6.45, 7) is 3.55. The first-order valence-electron chi connectivity index (χ1n) is 14.5. The zero-order valence-electron chi connectivity index (χ0n) is 24.5. The highest BCUT2D eigenvalue weighted by atomic mass is 19.4. The lowest BCUT2D eigenvalue weighted by Crippen LogP contribution is -2.30. The molecule has 0 unspecified atom stereocenters. The number of Topliss-reactive ketones (excluding diaryl/α,β-unsaturated/α-hetero) is 1. The molecular formula is C32H30F5N5O3. The van der Waals surface area contributed by atoms with E-state index in [1.165, 1.54) is 0 Å². The van der Waals surface area contributed by atoms with Gasteiger partial charge in [0.2, 0.25) is 0 Å². The Bertz CT molecular complexity index is 1800.